The fourth-order valence-corrected chi connectivity index (χ4v) is 4.76. The van der Waals surface area contributed by atoms with Gasteiger partial charge in [0, 0.05) is 30.1 Å². The van der Waals surface area contributed by atoms with Crippen LogP contribution >= 0.6 is 0 Å². The van der Waals surface area contributed by atoms with Crippen LogP contribution in [-0.2, 0) is 16.1 Å². The molecule has 2 N–H and O–H groups in total. The van der Waals surface area contributed by atoms with Crippen LogP contribution in [0.1, 0.15) is 78.1 Å². The van der Waals surface area contributed by atoms with Gasteiger partial charge in [0.25, 0.3) is 11.8 Å². The summed E-state index contributed by atoms with van der Waals surface area (Å²) in [5, 5.41) is 5.42. The molecule has 1 aromatic carbocycles. The molecular weight excluding hydrogens is 370 g/mol. The van der Waals surface area contributed by atoms with E-state index in [9.17, 15) is 19.2 Å². The number of nitrogens with one attached hydrogen (secondary N) is 2. The monoisotopic (exact) mass is 397 g/mol. The molecule has 2 aliphatic heterocycles. The van der Waals surface area contributed by atoms with Gasteiger partial charge in [0.05, 0.1) is 0 Å². The smallest absolute Gasteiger partial charge is 0.255 e. The molecule has 154 valence electrons. The molecule has 4 rings (SSSR count). The van der Waals surface area contributed by atoms with E-state index in [-0.39, 0.29) is 36.7 Å². The summed E-state index contributed by atoms with van der Waals surface area (Å²) in [5.74, 6) is -0.565. The van der Waals surface area contributed by atoms with E-state index in [0.717, 1.165) is 18.4 Å². The van der Waals surface area contributed by atoms with E-state index in [1.165, 1.54) is 24.2 Å². The minimum absolute atomic E-state index is 0.123. The second-order valence-electron chi connectivity index (χ2n) is 8.43. The zero-order valence-corrected chi connectivity index (χ0v) is 16.7. The van der Waals surface area contributed by atoms with Crippen molar-refractivity contribution in [3.63, 3.8) is 0 Å². The Hall–Kier alpha value is -2.70. The number of imide groups is 1. The lowest BCUT2D eigenvalue weighted by molar-refractivity contribution is -0.136. The highest BCUT2D eigenvalue weighted by molar-refractivity contribution is 6.06. The first-order valence-corrected chi connectivity index (χ1v) is 10.5. The lowest BCUT2D eigenvalue weighted by Gasteiger charge is -2.29. The molecule has 0 radical (unpaired) electrons. The number of amides is 4. The van der Waals surface area contributed by atoms with Crippen LogP contribution in [0.3, 0.4) is 0 Å². The first-order chi connectivity index (χ1) is 13.9. The number of piperidine rings is 1. The molecule has 7 nitrogen and oxygen atoms in total. The van der Waals surface area contributed by atoms with Gasteiger partial charge in [-0.3, -0.25) is 24.5 Å². The van der Waals surface area contributed by atoms with Crippen LogP contribution in [0.2, 0.25) is 0 Å². The van der Waals surface area contributed by atoms with Gasteiger partial charge in [-0.15, -0.1) is 0 Å². The zero-order valence-electron chi connectivity index (χ0n) is 16.7. The van der Waals surface area contributed by atoms with Crippen LogP contribution in [0.15, 0.2) is 18.2 Å². The first-order valence-electron chi connectivity index (χ1n) is 10.5. The molecule has 0 bridgehead atoms. The van der Waals surface area contributed by atoms with E-state index in [2.05, 4.69) is 17.6 Å². The molecule has 29 heavy (non-hydrogen) atoms. The van der Waals surface area contributed by atoms with E-state index < -0.39 is 11.9 Å². The van der Waals surface area contributed by atoms with Gasteiger partial charge in [0.15, 0.2) is 0 Å². The third-order valence-corrected chi connectivity index (χ3v) is 6.50. The Morgan fingerprint density at radius 2 is 1.90 bits per heavy atom. The number of fused-ring (bicyclic) bond motifs is 1. The molecule has 0 spiro atoms. The van der Waals surface area contributed by atoms with Gasteiger partial charge in [0.2, 0.25) is 11.8 Å². The van der Waals surface area contributed by atoms with Crippen molar-refractivity contribution in [3.05, 3.63) is 34.9 Å². The molecule has 3 aliphatic rings. The predicted molar refractivity (Wildman–Crippen MR) is 106 cm³/mol. The number of carbonyl (C=O) groups excluding carboxylic acids is 4. The Bertz CT molecular complexity index is 860. The van der Waals surface area contributed by atoms with Crippen LogP contribution in [0.25, 0.3) is 0 Å². The fraction of sp³-hybridized carbons (Fsp3) is 0.545. The number of benzene rings is 1. The Kier molecular flexibility index (Phi) is 5.39. The Morgan fingerprint density at radius 1 is 1.14 bits per heavy atom. The van der Waals surface area contributed by atoms with Gasteiger partial charge >= 0.3 is 0 Å². The fourth-order valence-electron chi connectivity index (χ4n) is 4.76. The highest BCUT2D eigenvalue weighted by atomic mass is 16.2. The van der Waals surface area contributed by atoms with Gasteiger partial charge in [-0.1, -0.05) is 19.3 Å². The summed E-state index contributed by atoms with van der Waals surface area (Å²) in [6.45, 7) is 2.34. The van der Waals surface area contributed by atoms with Gasteiger partial charge in [-0.25, -0.2) is 0 Å². The van der Waals surface area contributed by atoms with Gasteiger partial charge in [-0.05, 0) is 55.9 Å². The van der Waals surface area contributed by atoms with Crippen molar-refractivity contribution in [1.82, 2.24) is 15.5 Å². The maximum atomic E-state index is 12.7. The molecule has 1 aliphatic carbocycles. The molecule has 4 amide bonds. The van der Waals surface area contributed by atoms with E-state index in [0.29, 0.717) is 23.5 Å². The minimum Gasteiger partial charge on any atom is -0.349 e. The Morgan fingerprint density at radius 3 is 2.62 bits per heavy atom. The van der Waals surface area contributed by atoms with Crippen molar-refractivity contribution in [2.24, 2.45) is 5.92 Å². The SMILES string of the molecule is C[C@@H](NC(=O)c1ccc2c(c1)CN(C1CCC(=O)NC1=O)C2=O)C1CCCCC1. The number of rotatable bonds is 4. The molecule has 2 fully saturated rings. The third-order valence-electron chi connectivity index (χ3n) is 6.50. The van der Waals surface area contributed by atoms with Crippen molar-refractivity contribution in [1.29, 1.82) is 0 Å². The van der Waals surface area contributed by atoms with Gasteiger partial charge in [0.1, 0.15) is 6.04 Å². The minimum atomic E-state index is -0.642. The Labute approximate surface area is 170 Å². The van der Waals surface area contributed by atoms with E-state index in [1.54, 1.807) is 18.2 Å². The zero-order chi connectivity index (χ0) is 20.5. The van der Waals surface area contributed by atoms with Crippen molar-refractivity contribution in [2.45, 2.75) is 70.5 Å². The lowest BCUT2D eigenvalue weighted by atomic mass is 9.84. The quantitative estimate of drug-likeness (QED) is 0.761. The highest BCUT2D eigenvalue weighted by Gasteiger charge is 2.39. The van der Waals surface area contributed by atoms with Crippen LogP contribution in [0, 0.1) is 5.92 Å². The van der Waals surface area contributed by atoms with Crippen LogP contribution in [0.4, 0.5) is 0 Å². The summed E-state index contributed by atoms with van der Waals surface area (Å²) >= 11 is 0. The normalized spacial score (nSPS) is 23.6. The summed E-state index contributed by atoms with van der Waals surface area (Å²) < 4.78 is 0. The highest BCUT2D eigenvalue weighted by Crippen LogP contribution is 2.29. The van der Waals surface area contributed by atoms with Gasteiger partial charge < -0.3 is 10.2 Å². The second kappa shape index (κ2) is 7.97. The number of hydrogen-bond donors (Lipinski definition) is 2. The molecule has 2 heterocycles. The van der Waals surface area contributed by atoms with Crippen LogP contribution in [0.5, 0.6) is 0 Å². The molecule has 1 saturated heterocycles. The number of nitrogens with zero attached hydrogens (tertiary/aromatic N) is 1. The van der Waals surface area contributed by atoms with E-state index in [4.69, 9.17) is 0 Å². The third kappa shape index (κ3) is 3.91. The maximum Gasteiger partial charge on any atom is 0.255 e. The molecule has 0 aromatic heterocycles. The topological polar surface area (TPSA) is 95.6 Å². The van der Waals surface area contributed by atoms with Crippen LogP contribution < -0.4 is 10.6 Å². The van der Waals surface area contributed by atoms with Crippen molar-refractivity contribution in [2.75, 3.05) is 0 Å². The lowest BCUT2D eigenvalue weighted by Crippen LogP contribution is -2.52. The summed E-state index contributed by atoms with van der Waals surface area (Å²) in [5.41, 5.74) is 1.80. The maximum absolute atomic E-state index is 12.7. The summed E-state index contributed by atoms with van der Waals surface area (Å²) in [6.07, 6.45) is 6.59. The summed E-state index contributed by atoms with van der Waals surface area (Å²) in [7, 11) is 0. The standard InChI is InChI=1S/C22H27N3O4/c1-13(14-5-3-2-4-6-14)23-20(27)15-7-8-17-16(11-15)12-25(22(17)29)18-9-10-19(26)24-21(18)28/h7-8,11,13-14,18H,2-6,9-10,12H2,1H3,(H,23,27)(H,24,26,28)/t13-,18?/m1/s1. The van der Waals surface area contributed by atoms with Crippen molar-refractivity contribution in [3.8, 4) is 0 Å². The van der Waals surface area contributed by atoms with Crippen molar-refractivity contribution >= 4 is 23.6 Å². The predicted octanol–water partition coefficient (Wildman–Crippen LogP) is 2.15. The number of hydrogen-bond acceptors (Lipinski definition) is 4. The van der Waals surface area contributed by atoms with Crippen LogP contribution in [-0.4, -0.2) is 40.6 Å². The average molecular weight is 397 g/mol. The first kappa shape index (κ1) is 19.6. The molecule has 7 heteroatoms. The number of carbonyl (C=O) groups is 4. The summed E-state index contributed by atoms with van der Waals surface area (Å²) in [4.78, 5) is 50.5. The van der Waals surface area contributed by atoms with Crippen molar-refractivity contribution < 1.29 is 19.2 Å². The second-order valence-corrected chi connectivity index (χ2v) is 8.43. The van der Waals surface area contributed by atoms with E-state index >= 15 is 0 Å². The molecule has 2 atom stereocenters. The molecule has 1 unspecified atom stereocenters. The van der Waals surface area contributed by atoms with E-state index in [1.807, 2.05) is 0 Å². The molecule has 1 aromatic rings. The Balaban J connectivity index is 1.45. The largest absolute Gasteiger partial charge is 0.349 e. The molecule has 1 saturated carbocycles. The molecular formula is C22H27N3O4. The van der Waals surface area contributed by atoms with Gasteiger partial charge in [-0.2, -0.15) is 0 Å². The summed E-state index contributed by atoms with van der Waals surface area (Å²) in [6, 6.07) is 4.58. The average Bonchev–Trinajstić information content (AvgIpc) is 3.04.